The smallest absolute Gasteiger partial charge is 0.267 e. The van der Waals surface area contributed by atoms with E-state index in [2.05, 4.69) is 16.4 Å². The van der Waals surface area contributed by atoms with Gasteiger partial charge in [-0.1, -0.05) is 0 Å². The third-order valence-corrected chi connectivity index (χ3v) is 0.714. The van der Waals surface area contributed by atoms with Gasteiger partial charge in [0.2, 0.25) is 0 Å². The van der Waals surface area contributed by atoms with Crippen LogP contribution in [0.1, 0.15) is 6.92 Å². The van der Waals surface area contributed by atoms with Crippen molar-refractivity contribution in [3.63, 3.8) is 0 Å². The molecule has 1 aliphatic heterocycles. The molecule has 0 N–H and O–H groups in total. The largest absolute Gasteiger partial charge is 0.281 e. The Morgan fingerprint density at radius 3 is 2.88 bits per heavy atom. The van der Waals surface area contributed by atoms with Gasteiger partial charge in [-0.05, 0) is 6.92 Å². The third-order valence-electron chi connectivity index (χ3n) is 0.714. The number of nitrogens with zero attached hydrogens (tertiary/aromatic N) is 2. The van der Waals surface area contributed by atoms with Crippen molar-refractivity contribution in [1.82, 2.24) is 5.32 Å². The first-order valence-corrected chi connectivity index (χ1v) is 2.17. The minimum Gasteiger partial charge on any atom is -0.267 e. The molecule has 0 spiro atoms. The van der Waals surface area contributed by atoms with Gasteiger partial charge in [0.25, 0.3) is 5.91 Å². The Kier molecular flexibility index (Phi) is 1.12. The lowest BCUT2D eigenvalue weighted by atomic mass is 10.4. The molecular formula is C5H4N2O. The molecule has 0 saturated heterocycles. The molecule has 1 heterocycles. The van der Waals surface area contributed by atoms with Gasteiger partial charge in [-0.2, -0.15) is 5.32 Å². The van der Waals surface area contributed by atoms with Gasteiger partial charge in [0.05, 0.1) is 11.8 Å². The molecule has 1 aliphatic rings. The summed E-state index contributed by atoms with van der Waals surface area (Å²) >= 11 is 0. The number of hydrogen-bond donors (Lipinski definition) is 0. The highest BCUT2D eigenvalue weighted by molar-refractivity contribution is 5.94. The lowest BCUT2D eigenvalue weighted by Gasteiger charge is -1.95. The minimum atomic E-state index is -0.350. The molecule has 0 aromatic heterocycles. The quantitative estimate of drug-likeness (QED) is 0.426. The second-order valence-corrected chi connectivity index (χ2v) is 1.39. The van der Waals surface area contributed by atoms with Crippen molar-refractivity contribution in [3.05, 3.63) is 11.8 Å². The van der Waals surface area contributed by atoms with Crippen LogP contribution in [0.15, 0.2) is 10.7 Å². The number of carbonyl (C=O) groups excluding carboxylic acids is 1. The zero-order chi connectivity index (χ0) is 5.98. The molecule has 1 amide bonds. The molecule has 40 valence electrons. The number of aliphatic imine (C=N–C) groups is 1. The SMILES string of the molecule is CC1=[C]C(=O)[N]C=N1. The fourth-order valence-electron chi connectivity index (χ4n) is 0.387. The summed E-state index contributed by atoms with van der Waals surface area (Å²) in [6.07, 6.45) is 3.62. The lowest BCUT2D eigenvalue weighted by molar-refractivity contribution is -0.116. The van der Waals surface area contributed by atoms with E-state index < -0.39 is 0 Å². The molecule has 8 heavy (non-hydrogen) atoms. The van der Waals surface area contributed by atoms with Crippen LogP contribution in [0, 0.1) is 6.08 Å². The second kappa shape index (κ2) is 1.78. The van der Waals surface area contributed by atoms with Crippen LogP contribution in [-0.2, 0) is 4.79 Å². The Morgan fingerprint density at radius 2 is 2.50 bits per heavy atom. The topological polar surface area (TPSA) is 43.5 Å². The standard InChI is InChI=1S/C5H4N2O/c1-4-2-5(8)7-3-6-4/h3H,1H3. The molecule has 0 aromatic carbocycles. The van der Waals surface area contributed by atoms with Gasteiger partial charge in [-0.25, -0.2) is 4.99 Å². The van der Waals surface area contributed by atoms with Gasteiger partial charge in [0.15, 0.2) is 0 Å². The van der Waals surface area contributed by atoms with Crippen LogP contribution in [-0.4, -0.2) is 12.2 Å². The van der Waals surface area contributed by atoms with Crippen molar-refractivity contribution in [2.75, 3.05) is 0 Å². The minimum absolute atomic E-state index is 0.350. The molecular weight excluding hydrogens is 104 g/mol. The lowest BCUT2D eigenvalue weighted by Crippen LogP contribution is -2.14. The normalized spacial score (nSPS) is 17.6. The average molecular weight is 108 g/mol. The molecule has 0 unspecified atom stereocenters. The van der Waals surface area contributed by atoms with E-state index in [-0.39, 0.29) is 5.91 Å². The van der Waals surface area contributed by atoms with Crippen molar-refractivity contribution >= 4 is 12.2 Å². The molecule has 0 saturated carbocycles. The summed E-state index contributed by atoms with van der Waals surface area (Å²) in [4.78, 5) is 14.0. The van der Waals surface area contributed by atoms with E-state index in [1.54, 1.807) is 6.92 Å². The molecule has 0 aliphatic carbocycles. The Hall–Kier alpha value is -1.12. The van der Waals surface area contributed by atoms with Crippen LogP contribution in [0.2, 0.25) is 0 Å². The van der Waals surface area contributed by atoms with E-state index in [4.69, 9.17) is 0 Å². The molecule has 0 atom stereocenters. The van der Waals surface area contributed by atoms with Gasteiger partial charge in [-0.15, -0.1) is 0 Å². The highest BCUT2D eigenvalue weighted by Gasteiger charge is 2.01. The van der Waals surface area contributed by atoms with Crippen molar-refractivity contribution in [2.24, 2.45) is 4.99 Å². The van der Waals surface area contributed by atoms with E-state index in [9.17, 15) is 4.79 Å². The first kappa shape index (κ1) is 5.03. The fourth-order valence-corrected chi connectivity index (χ4v) is 0.387. The summed E-state index contributed by atoms with van der Waals surface area (Å²) in [6.45, 7) is 1.70. The molecule has 0 bridgehead atoms. The van der Waals surface area contributed by atoms with Gasteiger partial charge >= 0.3 is 0 Å². The van der Waals surface area contributed by atoms with Crippen LogP contribution >= 0.6 is 0 Å². The average Bonchev–Trinajstić information content (AvgIpc) is 1.64. The summed E-state index contributed by atoms with van der Waals surface area (Å²) in [5, 5.41) is 3.32. The summed E-state index contributed by atoms with van der Waals surface area (Å²) in [5.74, 6) is -0.350. The van der Waals surface area contributed by atoms with Crippen LogP contribution in [0.25, 0.3) is 0 Å². The Balaban J connectivity index is 2.77. The zero-order valence-electron chi connectivity index (χ0n) is 4.38. The van der Waals surface area contributed by atoms with Crippen molar-refractivity contribution in [1.29, 1.82) is 0 Å². The number of allylic oxidation sites excluding steroid dienone is 1. The van der Waals surface area contributed by atoms with E-state index in [1.165, 1.54) is 6.34 Å². The summed E-state index contributed by atoms with van der Waals surface area (Å²) in [7, 11) is 0. The molecule has 3 heteroatoms. The third kappa shape index (κ3) is 0.932. The number of rotatable bonds is 0. The number of carbonyl (C=O) groups is 1. The number of hydrogen-bond acceptors (Lipinski definition) is 2. The highest BCUT2D eigenvalue weighted by Crippen LogP contribution is 1.94. The predicted molar refractivity (Wildman–Crippen MR) is 28.1 cm³/mol. The van der Waals surface area contributed by atoms with Gasteiger partial charge in [0, 0.05) is 0 Å². The summed E-state index contributed by atoms with van der Waals surface area (Å²) < 4.78 is 0. The van der Waals surface area contributed by atoms with Crippen LogP contribution in [0.3, 0.4) is 0 Å². The Labute approximate surface area is 47.1 Å². The van der Waals surface area contributed by atoms with E-state index in [1.807, 2.05) is 0 Å². The molecule has 2 radical (unpaired) electrons. The maximum atomic E-state index is 10.3. The zero-order valence-corrected chi connectivity index (χ0v) is 4.38. The van der Waals surface area contributed by atoms with Crippen LogP contribution < -0.4 is 5.32 Å². The monoisotopic (exact) mass is 108 g/mol. The van der Waals surface area contributed by atoms with Gasteiger partial charge in [-0.3, -0.25) is 4.79 Å². The van der Waals surface area contributed by atoms with E-state index in [0.717, 1.165) is 0 Å². The second-order valence-electron chi connectivity index (χ2n) is 1.39. The van der Waals surface area contributed by atoms with Crippen LogP contribution in [0.5, 0.6) is 0 Å². The first-order chi connectivity index (χ1) is 3.79. The van der Waals surface area contributed by atoms with Crippen molar-refractivity contribution < 1.29 is 4.79 Å². The highest BCUT2D eigenvalue weighted by atomic mass is 16.1. The Morgan fingerprint density at radius 1 is 1.75 bits per heavy atom. The predicted octanol–water partition coefficient (Wildman–Crippen LogP) is -0.134. The van der Waals surface area contributed by atoms with Gasteiger partial charge < -0.3 is 0 Å². The van der Waals surface area contributed by atoms with E-state index >= 15 is 0 Å². The Bertz CT molecular complexity index is 169. The van der Waals surface area contributed by atoms with Gasteiger partial charge in [0.1, 0.15) is 6.34 Å². The summed E-state index contributed by atoms with van der Waals surface area (Å²) in [6, 6.07) is 0. The van der Waals surface area contributed by atoms with Crippen LogP contribution in [0.4, 0.5) is 0 Å². The molecule has 1 rings (SSSR count). The van der Waals surface area contributed by atoms with Crippen molar-refractivity contribution in [2.45, 2.75) is 6.92 Å². The van der Waals surface area contributed by atoms with Crippen molar-refractivity contribution in [3.8, 4) is 0 Å². The maximum Gasteiger partial charge on any atom is 0.281 e. The van der Waals surface area contributed by atoms with E-state index in [0.29, 0.717) is 5.70 Å². The summed E-state index contributed by atoms with van der Waals surface area (Å²) in [5.41, 5.74) is 0.588. The first-order valence-electron chi connectivity index (χ1n) is 2.17. The number of amides is 1. The fraction of sp³-hybridized carbons (Fsp3) is 0.200. The molecule has 0 aromatic rings. The molecule has 0 fully saturated rings. The maximum absolute atomic E-state index is 10.3. The molecule has 3 nitrogen and oxygen atoms in total.